The molecule has 0 bridgehead atoms. The van der Waals surface area contributed by atoms with Crippen LogP contribution in [0, 0.1) is 0 Å². The Morgan fingerprint density at radius 1 is 1.16 bits per heavy atom. The zero-order valence-corrected chi connectivity index (χ0v) is 10.7. The topological polar surface area (TPSA) is 53.1 Å². The minimum Gasteiger partial charge on any atom is -0.487 e. The van der Waals surface area contributed by atoms with E-state index in [-0.39, 0.29) is 0 Å². The van der Waals surface area contributed by atoms with Gasteiger partial charge in [-0.05, 0) is 11.5 Å². The van der Waals surface area contributed by atoms with Gasteiger partial charge >= 0.3 is 0 Å². The number of rotatable bonds is 3. The second-order valence-corrected chi connectivity index (χ2v) is 4.45. The van der Waals surface area contributed by atoms with Gasteiger partial charge in [-0.2, -0.15) is 5.10 Å². The van der Waals surface area contributed by atoms with Crippen molar-refractivity contribution in [3.63, 3.8) is 0 Å². The molecule has 4 heteroatoms. The predicted molar refractivity (Wildman–Crippen MR) is 75.9 cm³/mol. The minimum atomic E-state index is 0.416. The van der Waals surface area contributed by atoms with Gasteiger partial charge in [-0.1, -0.05) is 36.4 Å². The first kappa shape index (κ1) is 11.6. The first-order chi connectivity index (χ1) is 9.24. The van der Waals surface area contributed by atoms with Gasteiger partial charge in [-0.15, -0.1) is 0 Å². The summed E-state index contributed by atoms with van der Waals surface area (Å²) >= 11 is 0. The Labute approximate surface area is 111 Å². The van der Waals surface area contributed by atoms with Crippen molar-refractivity contribution in [2.24, 2.45) is 7.05 Å². The highest BCUT2D eigenvalue weighted by Gasteiger charge is 2.05. The van der Waals surface area contributed by atoms with E-state index in [1.807, 2.05) is 37.4 Å². The van der Waals surface area contributed by atoms with Crippen molar-refractivity contribution in [3.8, 4) is 5.75 Å². The second kappa shape index (κ2) is 4.65. The Bertz CT molecular complexity index is 693. The molecule has 0 atom stereocenters. The van der Waals surface area contributed by atoms with Crippen molar-refractivity contribution in [3.05, 3.63) is 54.2 Å². The number of hydrogen-bond donors (Lipinski definition) is 1. The van der Waals surface area contributed by atoms with Crippen LogP contribution in [0.3, 0.4) is 0 Å². The summed E-state index contributed by atoms with van der Waals surface area (Å²) in [6.07, 6.45) is 0. The summed E-state index contributed by atoms with van der Waals surface area (Å²) in [5.74, 6) is 1.50. The minimum absolute atomic E-state index is 0.416. The van der Waals surface area contributed by atoms with E-state index < -0.39 is 0 Å². The Hall–Kier alpha value is -2.49. The molecule has 2 aromatic carbocycles. The normalized spacial score (nSPS) is 10.8. The Morgan fingerprint density at radius 3 is 2.74 bits per heavy atom. The maximum Gasteiger partial charge on any atom is 0.132 e. The number of nitrogens with two attached hydrogens (primary N) is 1. The summed E-state index contributed by atoms with van der Waals surface area (Å²) < 4.78 is 7.48. The summed E-state index contributed by atoms with van der Waals surface area (Å²) in [6, 6.07) is 16.0. The van der Waals surface area contributed by atoms with E-state index in [2.05, 4.69) is 23.3 Å². The SMILES string of the molecule is Cn1nc(COc2cccc3ccccc23)cc1N. The van der Waals surface area contributed by atoms with E-state index in [1.54, 1.807) is 4.68 Å². The van der Waals surface area contributed by atoms with Crippen molar-refractivity contribution < 1.29 is 4.74 Å². The highest BCUT2D eigenvalue weighted by atomic mass is 16.5. The number of aryl methyl sites for hydroxylation is 1. The van der Waals surface area contributed by atoms with Gasteiger partial charge in [0.2, 0.25) is 0 Å². The highest BCUT2D eigenvalue weighted by molar-refractivity contribution is 5.88. The largest absolute Gasteiger partial charge is 0.487 e. The number of benzene rings is 2. The first-order valence-electron chi connectivity index (χ1n) is 6.13. The van der Waals surface area contributed by atoms with Crippen molar-refractivity contribution in [2.45, 2.75) is 6.61 Å². The third-order valence-electron chi connectivity index (χ3n) is 3.09. The molecule has 0 unspecified atom stereocenters. The summed E-state index contributed by atoms with van der Waals surface area (Å²) in [6.45, 7) is 0.416. The fourth-order valence-electron chi connectivity index (χ4n) is 2.09. The monoisotopic (exact) mass is 253 g/mol. The van der Waals surface area contributed by atoms with Gasteiger partial charge in [-0.3, -0.25) is 4.68 Å². The molecule has 0 saturated heterocycles. The molecule has 96 valence electrons. The van der Waals surface area contributed by atoms with Crippen LogP contribution < -0.4 is 10.5 Å². The number of fused-ring (bicyclic) bond motifs is 1. The number of aromatic nitrogens is 2. The molecule has 0 amide bonds. The number of hydrogen-bond acceptors (Lipinski definition) is 3. The van der Waals surface area contributed by atoms with E-state index in [0.717, 1.165) is 16.8 Å². The smallest absolute Gasteiger partial charge is 0.132 e. The van der Waals surface area contributed by atoms with Gasteiger partial charge in [0.1, 0.15) is 23.9 Å². The van der Waals surface area contributed by atoms with Gasteiger partial charge in [0, 0.05) is 18.5 Å². The molecule has 19 heavy (non-hydrogen) atoms. The van der Waals surface area contributed by atoms with Crippen molar-refractivity contribution >= 4 is 16.6 Å². The Balaban J connectivity index is 1.85. The molecule has 0 fully saturated rings. The molecular formula is C15H15N3O. The number of ether oxygens (including phenoxy) is 1. The second-order valence-electron chi connectivity index (χ2n) is 4.45. The quantitative estimate of drug-likeness (QED) is 0.780. The van der Waals surface area contributed by atoms with Crippen LogP contribution in [0.15, 0.2) is 48.5 Å². The molecular weight excluding hydrogens is 238 g/mol. The van der Waals surface area contributed by atoms with E-state index in [9.17, 15) is 0 Å². The summed E-state index contributed by atoms with van der Waals surface area (Å²) in [5.41, 5.74) is 6.57. The lowest BCUT2D eigenvalue weighted by atomic mass is 10.1. The standard InChI is InChI=1S/C15H15N3O/c1-18-15(16)9-12(17-18)10-19-14-8-4-6-11-5-2-3-7-13(11)14/h2-9H,10,16H2,1H3. The maximum absolute atomic E-state index is 5.84. The molecule has 2 N–H and O–H groups in total. The summed E-state index contributed by atoms with van der Waals surface area (Å²) in [4.78, 5) is 0. The molecule has 1 heterocycles. The van der Waals surface area contributed by atoms with Gasteiger partial charge < -0.3 is 10.5 Å². The average Bonchev–Trinajstić information content (AvgIpc) is 2.75. The Kier molecular flexibility index (Phi) is 2.83. The van der Waals surface area contributed by atoms with Gasteiger partial charge in [0.15, 0.2) is 0 Å². The fourth-order valence-corrected chi connectivity index (χ4v) is 2.09. The van der Waals surface area contributed by atoms with E-state index >= 15 is 0 Å². The maximum atomic E-state index is 5.84. The van der Waals surface area contributed by atoms with Crippen molar-refractivity contribution in [2.75, 3.05) is 5.73 Å². The van der Waals surface area contributed by atoms with Crippen molar-refractivity contribution in [1.82, 2.24) is 9.78 Å². The van der Waals surface area contributed by atoms with Crippen LogP contribution in [0.25, 0.3) is 10.8 Å². The lowest BCUT2D eigenvalue weighted by Gasteiger charge is -2.07. The third kappa shape index (κ3) is 2.25. The van der Waals surface area contributed by atoms with Gasteiger partial charge in [0.05, 0.1) is 0 Å². The van der Waals surface area contributed by atoms with Gasteiger partial charge in [-0.25, -0.2) is 0 Å². The van der Waals surface area contributed by atoms with Crippen LogP contribution in [0.5, 0.6) is 5.75 Å². The van der Waals surface area contributed by atoms with E-state index in [1.165, 1.54) is 5.39 Å². The van der Waals surface area contributed by atoms with Crippen LogP contribution in [0.1, 0.15) is 5.69 Å². The van der Waals surface area contributed by atoms with Crippen LogP contribution in [-0.2, 0) is 13.7 Å². The summed E-state index contributed by atoms with van der Waals surface area (Å²) in [7, 11) is 1.82. The molecule has 0 radical (unpaired) electrons. The average molecular weight is 253 g/mol. The van der Waals surface area contributed by atoms with Crippen molar-refractivity contribution in [1.29, 1.82) is 0 Å². The first-order valence-corrected chi connectivity index (χ1v) is 6.13. The Morgan fingerprint density at radius 2 is 1.95 bits per heavy atom. The van der Waals surface area contributed by atoms with Crippen LogP contribution in [-0.4, -0.2) is 9.78 Å². The molecule has 3 aromatic rings. The lowest BCUT2D eigenvalue weighted by molar-refractivity contribution is 0.304. The van der Waals surface area contributed by atoms with Crippen LogP contribution in [0.2, 0.25) is 0 Å². The molecule has 3 rings (SSSR count). The lowest BCUT2D eigenvalue weighted by Crippen LogP contribution is -1.99. The highest BCUT2D eigenvalue weighted by Crippen LogP contribution is 2.25. The molecule has 0 aliphatic heterocycles. The molecule has 0 saturated carbocycles. The number of anilines is 1. The third-order valence-corrected chi connectivity index (χ3v) is 3.09. The molecule has 1 aromatic heterocycles. The van der Waals surface area contributed by atoms with Crippen LogP contribution in [0.4, 0.5) is 5.82 Å². The van der Waals surface area contributed by atoms with E-state index in [0.29, 0.717) is 12.4 Å². The van der Waals surface area contributed by atoms with Gasteiger partial charge in [0.25, 0.3) is 0 Å². The predicted octanol–water partition coefficient (Wildman–Crippen LogP) is 2.73. The molecule has 0 spiro atoms. The number of nitrogen functional groups attached to an aromatic ring is 1. The zero-order valence-electron chi connectivity index (χ0n) is 10.7. The molecule has 4 nitrogen and oxygen atoms in total. The zero-order chi connectivity index (χ0) is 13.2. The molecule has 0 aliphatic carbocycles. The fraction of sp³-hybridized carbons (Fsp3) is 0.133. The van der Waals surface area contributed by atoms with Crippen LogP contribution >= 0.6 is 0 Å². The number of nitrogens with zero attached hydrogens (tertiary/aromatic N) is 2. The summed E-state index contributed by atoms with van der Waals surface area (Å²) in [5, 5.41) is 6.54. The molecule has 0 aliphatic rings. The van der Waals surface area contributed by atoms with E-state index in [4.69, 9.17) is 10.5 Å².